The van der Waals surface area contributed by atoms with Crippen LogP contribution >= 0.6 is 0 Å². The van der Waals surface area contributed by atoms with E-state index in [9.17, 15) is 18.3 Å². The molecule has 2 N–H and O–H groups in total. The molecule has 0 amide bonds. The molecule has 3 aromatic rings. The smallest absolute Gasteiger partial charge is 0.422 e. The number of phenols is 1. The van der Waals surface area contributed by atoms with E-state index in [2.05, 4.69) is 14.7 Å². The van der Waals surface area contributed by atoms with E-state index < -0.39 is 12.8 Å². The van der Waals surface area contributed by atoms with E-state index in [0.29, 0.717) is 11.4 Å². The van der Waals surface area contributed by atoms with Crippen LogP contribution in [0.25, 0.3) is 22.4 Å². The number of halogens is 3. The number of benzene rings is 2. The molecule has 0 unspecified atom stereocenters. The van der Waals surface area contributed by atoms with Gasteiger partial charge in [0.15, 0.2) is 6.61 Å². The number of ether oxygens (including phenoxy) is 1. The Hall–Kier alpha value is -2.70. The SMILES string of the molecule is Oc1cc(OCC(F)(F)F)ccc1-c1nc2ccccc2[nH]1. The number of aromatic nitrogens is 2. The number of alkyl halides is 3. The minimum atomic E-state index is -4.42. The molecule has 1 heterocycles. The maximum atomic E-state index is 12.1. The zero-order chi connectivity index (χ0) is 15.7. The molecule has 0 fully saturated rings. The molecule has 3 rings (SSSR count). The van der Waals surface area contributed by atoms with E-state index in [1.807, 2.05) is 24.3 Å². The lowest BCUT2D eigenvalue weighted by molar-refractivity contribution is -0.153. The fourth-order valence-corrected chi connectivity index (χ4v) is 2.05. The van der Waals surface area contributed by atoms with Crippen LogP contribution in [0.4, 0.5) is 13.2 Å². The third-order valence-electron chi connectivity index (χ3n) is 3.02. The summed E-state index contributed by atoms with van der Waals surface area (Å²) in [5, 5.41) is 9.98. The molecular weight excluding hydrogens is 297 g/mol. The van der Waals surface area contributed by atoms with Gasteiger partial charge in [-0.05, 0) is 24.3 Å². The van der Waals surface area contributed by atoms with Crippen LogP contribution in [0.5, 0.6) is 11.5 Å². The van der Waals surface area contributed by atoms with Crippen molar-refractivity contribution in [1.29, 1.82) is 0 Å². The number of aromatic amines is 1. The van der Waals surface area contributed by atoms with E-state index in [1.165, 1.54) is 12.1 Å². The van der Waals surface area contributed by atoms with Gasteiger partial charge in [-0.1, -0.05) is 12.1 Å². The Morgan fingerprint density at radius 2 is 1.91 bits per heavy atom. The van der Waals surface area contributed by atoms with Crippen molar-refractivity contribution in [2.45, 2.75) is 6.18 Å². The van der Waals surface area contributed by atoms with Crippen molar-refractivity contribution < 1.29 is 23.0 Å². The first-order chi connectivity index (χ1) is 10.4. The molecule has 7 heteroatoms. The molecule has 0 aliphatic heterocycles. The van der Waals surface area contributed by atoms with Crippen LogP contribution in [-0.2, 0) is 0 Å². The maximum absolute atomic E-state index is 12.1. The number of phenolic OH excluding ortho intramolecular Hbond substituents is 1. The highest BCUT2D eigenvalue weighted by Gasteiger charge is 2.28. The predicted octanol–water partition coefficient (Wildman–Crippen LogP) is 3.88. The number of hydrogen-bond acceptors (Lipinski definition) is 3. The number of imidazole rings is 1. The zero-order valence-electron chi connectivity index (χ0n) is 11.2. The van der Waals surface area contributed by atoms with Crippen molar-refractivity contribution in [3.63, 3.8) is 0 Å². The number of nitrogens with zero attached hydrogens (tertiary/aromatic N) is 1. The summed E-state index contributed by atoms with van der Waals surface area (Å²) in [5.41, 5.74) is 1.92. The molecule has 0 atom stereocenters. The highest BCUT2D eigenvalue weighted by Crippen LogP contribution is 2.32. The van der Waals surface area contributed by atoms with Crippen LogP contribution in [0.1, 0.15) is 0 Å². The van der Waals surface area contributed by atoms with Crippen molar-refractivity contribution >= 4 is 11.0 Å². The molecule has 114 valence electrons. The van der Waals surface area contributed by atoms with Crippen molar-refractivity contribution in [2.24, 2.45) is 0 Å². The minimum Gasteiger partial charge on any atom is -0.507 e. The number of para-hydroxylation sites is 2. The van der Waals surface area contributed by atoms with Crippen molar-refractivity contribution in [3.8, 4) is 22.9 Å². The lowest BCUT2D eigenvalue weighted by atomic mass is 10.2. The largest absolute Gasteiger partial charge is 0.507 e. The zero-order valence-corrected chi connectivity index (χ0v) is 11.2. The van der Waals surface area contributed by atoms with Gasteiger partial charge in [0.1, 0.15) is 17.3 Å². The lowest BCUT2D eigenvalue weighted by Crippen LogP contribution is -2.19. The van der Waals surface area contributed by atoms with Crippen molar-refractivity contribution in [3.05, 3.63) is 42.5 Å². The Bertz CT molecular complexity index is 779. The molecule has 0 saturated heterocycles. The summed E-state index contributed by atoms with van der Waals surface area (Å²) in [5.74, 6) is 0.162. The van der Waals surface area contributed by atoms with Crippen molar-refractivity contribution in [2.75, 3.05) is 6.61 Å². The monoisotopic (exact) mass is 308 g/mol. The number of rotatable bonds is 3. The minimum absolute atomic E-state index is 0.0605. The van der Waals surface area contributed by atoms with Crippen LogP contribution < -0.4 is 4.74 Å². The van der Waals surface area contributed by atoms with E-state index in [4.69, 9.17) is 0 Å². The first kappa shape index (κ1) is 14.2. The average Bonchev–Trinajstić information content (AvgIpc) is 2.88. The molecular formula is C15H11F3N2O2. The van der Waals surface area contributed by atoms with E-state index in [-0.39, 0.29) is 11.5 Å². The quantitative estimate of drug-likeness (QED) is 0.772. The summed E-state index contributed by atoms with van der Waals surface area (Å²) in [4.78, 5) is 7.36. The summed E-state index contributed by atoms with van der Waals surface area (Å²) in [6.07, 6.45) is -4.42. The van der Waals surface area contributed by atoms with Crippen LogP contribution in [0, 0.1) is 0 Å². The predicted molar refractivity (Wildman–Crippen MR) is 74.7 cm³/mol. The van der Waals surface area contributed by atoms with Gasteiger partial charge in [0, 0.05) is 6.07 Å². The summed E-state index contributed by atoms with van der Waals surface area (Å²) in [6.45, 7) is -1.41. The second kappa shape index (κ2) is 5.25. The number of hydrogen-bond donors (Lipinski definition) is 2. The molecule has 0 saturated carbocycles. The standard InChI is InChI=1S/C15H11F3N2O2/c16-15(17,18)8-22-9-5-6-10(13(21)7-9)14-19-11-3-1-2-4-12(11)20-14/h1-7,21H,8H2,(H,19,20). The second-order valence-electron chi connectivity index (χ2n) is 4.69. The van der Waals surface area contributed by atoms with Gasteiger partial charge in [-0.2, -0.15) is 13.2 Å². The highest BCUT2D eigenvalue weighted by molar-refractivity contribution is 5.80. The van der Waals surface area contributed by atoms with Gasteiger partial charge >= 0.3 is 6.18 Å². The normalized spacial score (nSPS) is 11.8. The first-order valence-electron chi connectivity index (χ1n) is 6.40. The molecule has 22 heavy (non-hydrogen) atoms. The van der Waals surface area contributed by atoms with Gasteiger partial charge in [-0.25, -0.2) is 4.98 Å². The Balaban J connectivity index is 1.88. The van der Waals surface area contributed by atoms with Crippen molar-refractivity contribution in [1.82, 2.24) is 9.97 Å². The molecule has 0 bridgehead atoms. The van der Waals surface area contributed by atoms with Gasteiger partial charge in [0.05, 0.1) is 16.6 Å². The number of nitrogens with one attached hydrogen (secondary N) is 1. The van der Waals surface area contributed by atoms with Crippen LogP contribution in [0.2, 0.25) is 0 Å². The Kier molecular flexibility index (Phi) is 3.40. The summed E-state index contributed by atoms with van der Waals surface area (Å²) in [7, 11) is 0. The summed E-state index contributed by atoms with van der Waals surface area (Å²) in [6, 6.07) is 11.3. The topological polar surface area (TPSA) is 58.1 Å². The summed E-state index contributed by atoms with van der Waals surface area (Å²) < 4.78 is 40.9. The Morgan fingerprint density at radius 1 is 1.14 bits per heavy atom. The van der Waals surface area contributed by atoms with E-state index in [0.717, 1.165) is 17.1 Å². The van der Waals surface area contributed by atoms with Gasteiger partial charge in [0.25, 0.3) is 0 Å². The first-order valence-corrected chi connectivity index (χ1v) is 6.40. The van der Waals surface area contributed by atoms with Crippen LogP contribution in [-0.4, -0.2) is 27.9 Å². The van der Waals surface area contributed by atoms with Gasteiger partial charge < -0.3 is 14.8 Å². The highest BCUT2D eigenvalue weighted by atomic mass is 19.4. The average molecular weight is 308 g/mol. The maximum Gasteiger partial charge on any atom is 0.422 e. The molecule has 0 aliphatic carbocycles. The van der Waals surface area contributed by atoms with Gasteiger partial charge in [-0.3, -0.25) is 0 Å². The van der Waals surface area contributed by atoms with E-state index >= 15 is 0 Å². The summed E-state index contributed by atoms with van der Waals surface area (Å²) >= 11 is 0. The Morgan fingerprint density at radius 3 is 2.59 bits per heavy atom. The molecule has 0 aliphatic rings. The fourth-order valence-electron chi connectivity index (χ4n) is 2.05. The molecule has 2 aromatic carbocycles. The van der Waals surface area contributed by atoms with Crippen LogP contribution in [0.3, 0.4) is 0 Å². The second-order valence-corrected chi connectivity index (χ2v) is 4.69. The third kappa shape index (κ3) is 2.98. The molecule has 0 radical (unpaired) electrons. The fraction of sp³-hybridized carbons (Fsp3) is 0.133. The molecule has 1 aromatic heterocycles. The van der Waals surface area contributed by atoms with Gasteiger partial charge in [0.2, 0.25) is 0 Å². The Labute approximate surface area is 123 Å². The lowest BCUT2D eigenvalue weighted by Gasteiger charge is -2.10. The van der Waals surface area contributed by atoms with Crippen LogP contribution in [0.15, 0.2) is 42.5 Å². The van der Waals surface area contributed by atoms with Gasteiger partial charge in [-0.15, -0.1) is 0 Å². The molecule has 4 nitrogen and oxygen atoms in total. The number of aromatic hydroxyl groups is 1. The van der Waals surface area contributed by atoms with E-state index in [1.54, 1.807) is 0 Å². The number of H-pyrrole nitrogens is 1. The molecule has 0 spiro atoms. The number of fused-ring (bicyclic) bond motifs is 1. The third-order valence-corrected chi connectivity index (χ3v) is 3.02.